The number of rotatable bonds is 4. The van der Waals surface area contributed by atoms with E-state index in [2.05, 4.69) is 10.2 Å². The molecule has 0 N–H and O–H groups in total. The highest BCUT2D eigenvalue weighted by Gasteiger charge is 2.32. The lowest BCUT2D eigenvalue weighted by molar-refractivity contribution is -0.137. The molecular formula is C19H17ClF3N3O. The van der Waals surface area contributed by atoms with Gasteiger partial charge in [-0.05, 0) is 50.2 Å². The lowest BCUT2D eigenvalue weighted by Gasteiger charge is -2.25. The van der Waals surface area contributed by atoms with Gasteiger partial charge in [0, 0.05) is 17.6 Å². The normalized spacial score (nSPS) is 12.3. The van der Waals surface area contributed by atoms with Gasteiger partial charge >= 0.3 is 6.18 Å². The van der Waals surface area contributed by atoms with Crippen molar-refractivity contribution in [3.63, 3.8) is 0 Å². The summed E-state index contributed by atoms with van der Waals surface area (Å²) in [6.45, 7) is 3.67. The Morgan fingerprint density at radius 1 is 0.926 bits per heavy atom. The fourth-order valence-electron chi connectivity index (χ4n) is 2.76. The minimum Gasteiger partial charge on any atom is -0.480 e. The second kappa shape index (κ2) is 6.88. The third kappa shape index (κ3) is 4.08. The molecule has 0 aliphatic rings. The molecule has 27 heavy (non-hydrogen) atoms. The Labute approximate surface area is 159 Å². The van der Waals surface area contributed by atoms with E-state index < -0.39 is 17.3 Å². The molecule has 0 saturated carbocycles. The molecule has 142 valence electrons. The molecule has 1 aromatic heterocycles. The number of nitrogens with zero attached hydrogens (tertiary/aromatic N) is 3. The maximum absolute atomic E-state index is 12.7. The van der Waals surface area contributed by atoms with Crippen molar-refractivity contribution >= 4 is 11.6 Å². The Morgan fingerprint density at radius 3 is 2.07 bits per heavy atom. The molecule has 0 fully saturated rings. The number of ether oxygens (including phenoxy) is 1. The molecule has 0 aliphatic heterocycles. The van der Waals surface area contributed by atoms with Crippen LogP contribution in [0.2, 0.25) is 5.02 Å². The molecule has 3 rings (SSSR count). The topological polar surface area (TPSA) is 39.9 Å². The van der Waals surface area contributed by atoms with Crippen molar-refractivity contribution in [1.82, 2.24) is 14.8 Å². The molecule has 4 nitrogen and oxygen atoms in total. The van der Waals surface area contributed by atoms with Crippen LogP contribution >= 0.6 is 11.6 Å². The van der Waals surface area contributed by atoms with E-state index in [1.54, 1.807) is 35.9 Å². The first-order chi connectivity index (χ1) is 12.6. The number of halogens is 4. The third-order valence-corrected chi connectivity index (χ3v) is 4.32. The van der Waals surface area contributed by atoms with Crippen molar-refractivity contribution in [3.05, 3.63) is 64.9 Å². The summed E-state index contributed by atoms with van der Waals surface area (Å²) in [5.74, 6) is 1.60. The van der Waals surface area contributed by atoms with Gasteiger partial charge in [0.1, 0.15) is 5.75 Å². The van der Waals surface area contributed by atoms with E-state index in [-0.39, 0.29) is 0 Å². The molecule has 0 aliphatic carbocycles. The van der Waals surface area contributed by atoms with Crippen LogP contribution < -0.4 is 4.74 Å². The lowest BCUT2D eigenvalue weighted by atomic mass is 10.1. The largest absolute Gasteiger partial charge is 0.480 e. The average molecular weight is 396 g/mol. The van der Waals surface area contributed by atoms with Crippen LogP contribution in [-0.2, 0) is 18.8 Å². The number of benzene rings is 2. The molecule has 0 saturated heterocycles. The summed E-state index contributed by atoms with van der Waals surface area (Å²) in [5, 5.41) is 8.92. The van der Waals surface area contributed by atoms with Crippen LogP contribution in [-0.4, -0.2) is 14.8 Å². The maximum Gasteiger partial charge on any atom is 0.416 e. The SMILES string of the molecule is Cn1c(-c2ccc(C(F)(F)F)cc2)nnc1C(C)(C)Oc1ccc(Cl)cc1. The molecule has 0 amide bonds. The Bertz CT molecular complexity index is 932. The average Bonchev–Trinajstić information content (AvgIpc) is 2.98. The molecule has 0 spiro atoms. The van der Waals surface area contributed by atoms with Gasteiger partial charge in [-0.1, -0.05) is 23.7 Å². The van der Waals surface area contributed by atoms with Crippen LogP contribution in [0.3, 0.4) is 0 Å². The van der Waals surface area contributed by atoms with Gasteiger partial charge in [-0.3, -0.25) is 0 Å². The quantitative estimate of drug-likeness (QED) is 0.588. The lowest BCUT2D eigenvalue weighted by Crippen LogP contribution is -2.29. The van der Waals surface area contributed by atoms with Gasteiger partial charge in [-0.25, -0.2) is 0 Å². The second-order valence-corrected chi connectivity index (χ2v) is 6.98. The number of hydrogen-bond acceptors (Lipinski definition) is 3. The highest BCUT2D eigenvalue weighted by molar-refractivity contribution is 6.30. The van der Waals surface area contributed by atoms with Crippen molar-refractivity contribution in [1.29, 1.82) is 0 Å². The predicted molar refractivity (Wildman–Crippen MR) is 96.5 cm³/mol. The minimum atomic E-state index is -4.38. The van der Waals surface area contributed by atoms with Gasteiger partial charge in [-0.15, -0.1) is 10.2 Å². The maximum atomic E-state index is 12.7. The van der Waals surface area contributed by atoms with Crippen molar-refractivity contribution in [2.24, 2.45) is 7.05 Å². The van der Waals surface area contributed by atoms with E-state index in [1.165, 1.54) is 12.1 Å². The summed E-state index contributed by atoms with van der Waals surface area (Å²) in [4.78, 5) is 0. The summed E-state index contributed by atoms with van der Waals surface area (Å²) in [5.41, 5.74) is -0.994. The van der Waals surface area contributed by atoms with Crippen LogP contribution in [0, 0.1) is 0 Å². The summed E-state index contributed by atoms with van der Waals surface area (Å²) in [6, 6.07) is 11.7. The second-order valence-electron chi connectivity index (χ2n) is 6.55. The van der Waals surface area contributed by atoms with Crippen molar-refractivity contribution in [3.8, 4) is 17.1 Å². The Hall–Kier alpha value is -2.54. The summed E-state index contributed by atoms with van der Waals surface area (Å²) in [6.07, 6.45) is -4.38. The van der Waals surface area contributed by atoms with Gasteiger partial charge in [0.25, 0.3) is 0 Å². The van der Waals surface area contributed by atoms with Crippen LogP contribution in [0.15, 0.2) is 48.5 Å². The Balaban J connectivity index is 1.88. The Kier molecular flexibility index (Phi) is 4.90. The predicted octanol–water partition coefficient (Wildman–Crippen LogP) is 5.47. The van der Waals surface area contributed by atoms with E-state index in [1.807, 2.05) is 13.8 Å². The van der Waals surface area contributed by atoms with Gasteiger partial charge < -0.3 is 9.30 Å². The zero-order chi connectivity index (χ0) is 19.8. The van der Waals surface area contributed by atoms with Crippen LogP contribution in [0.5, 0.6) is 5.75 Å². The fourth-order valence-corrected chi connectivity index (χ4v) is 2.88. The molecule has 0 atom stereocenters. The number of hydrogen-bond donors (Lipinski definition) is 0. The van der Waals surface area contributed by atoms with Crippen LogP contribution in [0.25, 0.3) is 11.4 Å². The van der Waals surface area contributed by atoms with E-state index in [9.17, 15) is 13.2 Å². The minimum absolute atomic E-state index is 0.450. The summed E-state index contributed by atoms with van der Waals surface area (Å²) < 4.78 is 45.9. The zero-order valence-electron chi connectivity index (χ0n) is 14.9. The van der Waals surface area contributed by atoms with Crippen LogP contribution in [0.4, 0.5) is 13.2 Å². The molecule has 1 heterocycles. The van der Waals surface area contributed by atoms with Gasteiger partial charge in [0.2, 0.25) is 0 Å². The van der Waals surface area contributed by atoms with Crippen LogP contribution in [0.1, 0.15) is 25.2 Å². The van der Waals surface area contributed by atoms with Gasteiger partial charge in [0.05, 0.1) is 5.56 Å². The molecule has 0 bridgehead atoms. The molecular weight excluding hydrogens is 379 g/mol. The van der Waals surface area contributed by atoms with E-state index in [0.29, 0.717) is 28.0 Å². The molecule has 8 heteroatoms. The van der Waals surface area contributed by atoms with Gasteiger partial charge in [-0.2, -0.15) is 13.2 Å². The monoisotopic (exact) mass is 395 g/mol. The smallest absolute Gasteiger partial charge is 0.416 e. The van der Waals surface area contributed by atoms with Gasteiger partial charge in [0.15, 0.2) is 17.2 Å². The molecule has 3 aromatic rings. The Morgan fingerprint density at radius 2 is 1.52 bits per heavy atom. The van der Waals surface area contributed by atoms with Crippen molar-refractivity contribution in [2.45, 2.75) is 25.6 Å². The summed E-state index contributed by atoms with van der Waals surface area (Å²) in [7, 11) is 1.75. The summed E-state index contributed by atoms with van der Waals surface area (Å²) >= 11 is 5.88. The number of aromatic nitrogens is 3. The molecule has 0 unspecified atom stereocenters. The fraction of sp³-hybridized carbons (Fsp3) is 0.263. The first-order valence-electron chi connectivity index (χ1n) is 8.10. The third-order valence-electron chi connectivity index (χ3n) is 4.07. The van der Waals surface area contributed by atoms with Crippen molar-refractivity contribution in [2.75, 3.05) is 0 Å². The highest BCUT2D eigenvalue weighted by Crippen LogP contribution is 2.32. The first-order valence-corrected chi connectivity index (χ1v) is 8.48. The standard InChI is InChI=1S/C19H17ClF3N3O/c1-18(2,27-15-10-8-14(20)9-11-15)17-25-24-16(26(17)3)12-4-6-13(7-5-12)19(21,22)23/h4-11H,1-3H3. The molecule has 2 aromatic carbocycles. The zero-order valence-corrected chi connectivity index (χ0v) is 15.6. The highest BCUT2D eigenvalue weighted by atomic mass is 35.5. The van der Waals surface area contributed by atoms with E-state index in [0.717, 1.165) is 12.1 Å². The van der Waals surface area contributed by atoms with E-state index in [4.69, 9.17) is 16.3 Å². The number of alkyl halides is 3. The first kappa shape index (κ1) is 19.2. The van der Waals surface area contributed by atoms with E-state index >= 15 is 0 Å². The molecule has 0 radical (unpaired) electrons. The van der Waals surface area contributed by atoms with Crippen molar-refractivity contribution < 1.29 is 17.9 Å².